The van der Waals surface area contributed by atoms with E-state index in [9.17, 15) is 0 Å². The van der Waals surface area contributed by atoms with Crippen molar-refractivity contribution in [2.45, 2.75) is 39.7 Å². The lowest BCUT2D eigenvalue weighted by atomic mass is 10.1. The van der Waals surface area contributed by atoms with Gasteiger partial charge in [0.05, 0.1) is 5.52 Å². The summed E-state index contributed by atoms with van der Waals surface area (Å²) in [7, 11) is 0. The van der Waals surface area contributed by atoms with Gasteiger partial charge in [-0.05, 0) is 36.6 Å². The monoisotopic (exact) mass is 382 g/mol. The van der Waals surface area contributed by atoms with E-state index in [1.54, 1.807) is 0 Å². The molecule has 0 radical (unpaired) electrons. The molecule has 0 N–H and O–H groups in total. The predicted octanol–water partition coefficient (Wildman–Crippen LogP) is 6.24. The van der Waals surface area contributed by atoms with Crippen LogP contribution in [0.4, 0.5) is 17.1 Å². The molecule has 0 unspecified atom stereocenters. The SMILES string of the molecule is CCCC[N+]1=C=[N+](c2ccc3c4cccnc4n(C(C)C)c3c2)c2ccccc21. The van der Waals surface area contributed by atoms with Crippen molar-refractivity contribution in [2.75, 3.05) is 6.54 Å². The first-order valence-electron chi connectivity index (χ1n) is 10.5. The van der Waals surface area contributed by atoms with Crippen LogP contribution in [0.2, 0.25) is 0 Å². The van der Waals surface area contributed by atoms with E-state index in [-0.39, 0.29) is 0 Å². The molecule has 0 aliphatic carbocycles. The zero-order valence-corrected chi connectivity index (χ0v) is 17.3. The number of fused-ring (bicyclic) bond motifs is 4. The molecule has 1 aliphatic heterocycles. The van der Waals surface area contributed by atoms with Gasteiger partial charge in [-0.25, -0.2) is 4.98 Å². The van der Waals surface area contributed by atoms with Gasteiger partial charge < -0.3 is 4.57 Å². The van der Waals surface area contributed by atoms with Crippen LogP contribution in [0.1, 0.15) is 39.7 Å². The molecular formula is C25H26N4+2. The fourth-order valence-electron chi connectivity index (χ4n) is 4.32. The second-order valence-corrected chi connectivity index (χ2v) is 7.97. The molecule has 29 heavy (non-hydrogen) atoms. The number of nitrogens with zero attached hydrogens (tertiary/aromatic N) is 4. The maximum Gasteiger partial charge on any atom is 0.496 e. The third kappa shape index (κ3) is 2.80. The Kier molecular flexibility index (Phi) is 4.30. The number of hydrogen-bond acceptors (Lipinski definition) is 1. The van der Waals surface area contributed by atoms with Gasteiger partial charge in [0, 0.05) is 53.7 Å². The summed E-state index contributed by atoms with van der Waals surface area (Å²) in [5.74, 6) is 0. The van der Waals surface area contributed by atoms with Crippen LogP contribution in [0, 0.1) is 0 Å². The van der Waals surface area contributed by atoms with Crippen LogP contribution >= 0.6 is 0 Å². The summed E-state index contributed by atoms with van der Waals surface area (Å²) in [6.45, 7) is 7.65. The maximum absolute atomic E-state index is 4.67. The summed E-state index contributed by atoms with van der Waals surface area (Å²) < 4.78 is 6.79. The van der Waals surface area contributed by atoms with E-state index in [1.807, 2.05) is 12.3 Å². The number of hydrogen-bond donors (Lipinski definition) is 0. The van der Waals surface area contributed by atoms with Gasteiger partial charge in [0.1, 0.15) is 5.65 Å². The quantitative estimate of drug-likeness (QED) is 0.375. The molecule has 4 nitrogen and oxygen atoms in total. The van der Waals surface area contributed by atoms with Crippen molar-refractivity contribution >= 4 is 45.0 Å². The van der Waals surface area contributed by atoms with Crippen LogP contribution in [0.25, 0.3) is 21.9 Å². The molecule has 0 amide bonds. The molecule has 5 rings (SSSR count). The predicted molar refractivity (Wildman–Crippen MR) is 120 cm³/mol. The van der Waals surface area contributed by atoms with E-state index >= 15 is 0 Å². The van der Waals surface area contributed by atoms with E-state index in [0.29, 0.717) is 6.04 Å². The van der Waals surface area contributed by atoms with Crippen molar-refractivity contribution in [3.8, 4) is 0 Å². The van der Waals surface area contributed by atoms with Gasteiger partial charge in [-0.2, -0.15) is 0 Å². The molecule has 0 atom stereocenters. The standard InChI is InChI=1S/C25H26N4/c1-4-5-15-27-17-28(23-11-7-6-10-22(23)27)19-12-13-20-21-9-8-14-26-25(21)29(18(2)3)24(20)16-19/h6-14,16,18H,4-5,15H2,1-3H3/q+2. The van der Waals surface area contributed by atoms with E-state index in [4.69, 9.17) is 0 Å². The van der Waals surface area contributed by atoms with E-state index in [2.05, 4.69) is 94.0 Å². The lowest BCUT2D eigenvalue weighted by Gasteiger charge is -2.10. The Morgan fingerprint density at radius 2 is 1.83 bits per heavy atom. The number of unbranched alkanes of at least 4 members (excludes halogenated alkanes) is 1. The second kappa shape index (κ2) is 6.98. The number of aromatic nitrogens is 2. The van der Waals surface area contributed by atoms with E-state index in [1.165, 1.54) is 34.1 Å². The minimum absolute atomic E-state index is 0.333. The van der Waals surface area contributed by atoms with E-state index in [0.717, 1.165) is 24.3 Å². The van der Waals surface area contributed by atoms with Gasteiger partial charge in [-0.1, -0.05) is 30.1 Å². The topological polar surface area (TPSA) is 23.8 Å². The Morgan fingerprint density at radius 3 is 2.62 bits per heavy atom. The molecule has 144 valence electrons. The first kappa shape index (κ1) is 17.8. The van der Waals surface area contributed by atoms with Crippen molar-refractivity contribution < 1.29 is 4.58 Å². The highest BCUT2D eigenvalue weighted by atomic mass is 15.2. The van der Waals surface area contributed by atoms with Crippen molar-refractivity contribution in [1.29, 1.82) is 0 Å². The fraction of sp³-hybridized carbons (Fsp3) is 0.280. The third-order valence-electron chi connectivity index (χ3n) is 5.69. The first-order valence-corrected chi connectivity index (χ1v) is 10.5. The highest BCUT2D eigenvalue weighted by Gasteiger charge is 2.34. The molecule has 2 aromatic carbocycles. The Bertz CT molecular complexity index is 1300. The summed E-state index contributed by atoms with van der Waals surface area (Å²) in [5.41, 5.74) is 5.82. The number of benzene rings is 2. The van der Waals surface area contributed by atoms with Crippen LogP contribution in [-0.2, 0) is 0 Å². The zero-order chi connectivity index (χ0) is 20.0. The van der Waals surface area contributed by atoms with Gasteiger partial charge in [0.25, 0.3) is 11.4 Å². The van der Waals surface area contributed by atoms with Crippen molar-refractivity contribution in [3.63, 3.8) is 0 Å². The first-order chi connectivity index (χ1) is 14.2. The number of pyridine rings is 1. The zero-order valence-electron chi connectivity index (χ0n) is 17.3. The van der Waals surface area contributed by atoms with Crippen molar-refractivity contribution in [1.82, 2.24) is 14.1 Å². The van der Waals surface area contributed by atoms with Crippen molar-refractivity contribution in [2.24, 2.45) is 0 Å². The lowest BCUT2D eigenvalue weighted by Crippen LogP contribution is -2.04. The Hall–Kier alpha value is -3.23. The van der Waals surface area contributed by atoms with Gasteiger partial charge in [0.2, 0.25) is 5.69 Å². The smallest absolute Gasteiger partial charge is 0.323 e. The normalized spacial score (nSPS) is 13.2. The summed E-state index contributed by atoms with van der Waals surface area (Å²) in [6, 6.07) is 23.4. The Labute approximate surface area is 171 Å². The molecular weight excluding hydrogens is 356 g/mol. The van der Waals surface area contributed by atoms with Crippen LogP contribution in [-0.4, -0.2) is 26.7 Å². The third-order valence-corrected chi connectivity index (χ3v) is 5.69. The molecule has 0 saturated heterocycles. The lowest BCUT2D eigenvalue weighted by molar-refractivity contribution is -0.431. The summed E-state index contributed by atoms with van der Waals surface area (Å²) in [4.78, 5) is 4.67. The average Bonchev–Trinajstić information content (AvgIpc) is 3.27. The molecule has 4 aromatic rings. The second-order valence-electron chi connectivity index (χ2n) is 7.97. The molecule has 4 heteroatoms. The highest BCUT2D eigenvalue weighted by Crippen LogP contribution is 2.37. The molecule has 0 bridgehead atoms. The summed E-state index contributed by atoms with van der Waals surface area (Å²) in [5, 5.41) is 2.46. The molecule has 0 saturated carbocycles. The summed E-state index contributed by atoms with van der Waals surface area (Å²) in [6.07, 6.45) is 4.21. The summed E-state index contributed by atoms with van der Waals surface area (Å²) >= 11 is 0. The number of para-hydroxylation sites is 2. The molecule has 1 aliphatic rings. The van der Waals surface area contributed by atoms with Crippen LogP contribution in [0.3, 0.4) is 0 Å². The van der Waals surface area contributed by atoms with Crippen LogP contribution in [0.5, 0.6) is 0 Å². The minimum atomic E-state index is 0.333. The largest absolute Gasteiger partial charge is 0.496 e. The molecule has 0 spiro atoms. The molecule has 2 aromatic heterocycles. The molecule has 0 fully saturated rings. The minimum Gasteiger partial charge on any atom is -0.323 e. The highest BCUT2D eigenvalue weighted by molar-refractivity contribution is 6.07. The van der Waals surface area contributed by atoms with Gasteiger partial charge in [0.15, 0.2) is 6.54 Å². The average molecular weight is 383 g/mol. The van der Waals surface area contributed by atoms with Gasteiger partial charge >= 0.3 is 6.01 Å². The fourth-order valence-corrected chi connectivity index (χ4v) is 4.32. The van der Waals surface area contributed by atoms with E-state index < -0.39 is 0 Å². The Morgan fingerprint density at radius 1 is 1.00 bits per heavy atom. The van der Waals surface area contributed by atoms with Gasteiger partial charge in [-0.15, -0.1) is 0 Å². The van der Waals surface area contributed by atoms with Crippen molar-refractivity contribution in [3.05, 3.63) is 60.8 Å². The van der Waals surface area contributed by atoms with Crippen LogP contribution in [0.15, 0.2) is 60.8 Å². The maximum atomic E-state index is 4.67. The van der Waals surface area contributed by atoms with Crippen LogP contribution < -0.4 is 4.58 Å². The molecule has 3 heterocycles. The van der Waals surface area contributed by atoms with Gasteiger partial charge in [-0.3, -0.25) is 0 Å². The Balaban J connectivity index is 1.74. The number of rotatable bonds is 5.